The zero-order chi connectivity index (χ0) is 14.1. The van der Waals surface area contributed by atoms with Crippen LogP contribution in [0.1, 0.15) is 24.5 Å². The molecule has 1 aliphatic heterocycles. The molecule has 1 nitrogen and oxygen atoms in total. The van der Waals surface area contributed by atoms with Crippen molar-refractivity contribution >= 4 is 43.2 Å². The van der Waals surface area contributed by atoms with Crippen LogP contribution in [-0.4, -0.2) is 6.04 Å². The smallest absolute Gasteiger partial charge is 0.0455 e. The largest absolute Gasteiger partial charge is 0.338 e. The summed E-state index contributed by atoms with van der Waals surface area (Å²) >= 11 is 7.19. The Hall–Kier alpha value is -0.800. The van der Waals surface area contributed by atoms with Gasteiger partial charge in [-0.1, -0.05) is 50.1 Å². The zero-order valence-corrected chi connectivity index (χ0v) is 14.6. The lowest BCUT2D eigenvalue weighted by Crippen LogP contribution is -2.33. The van der Waals surface area contributed by atoms with Crippen molar-refractivity contribution in [2.45, 2.75) is 31.1 Å². The van der Waals surface area contributed by atoms with E-state index in [0.717, 1.165) is 9.80 Å². The van der Waals surface area contributed by atoms with E-state index in [0.29, 0.717) is 6.04 Å². The Balaban J connectivity index is 2.14. The number of benzene rings is 2. The molecule has 0 spiro atoms. The maximum Gasteiger partial charge on any atom is 0.0455 e. The lowest BCUT2D eigenvalue weighted by molar-refractivity contribution is 0.617. The lowest BCUT2D eigenvalue weighted by Gasteiger charge is -2.38. The van der Waals surface area contributed by atoms with Crippen LogP contribution in [0.5, 0.6) is 0 Å². The predicted molar refractivity (Wildman–Crippen MR) is 93.1 cm³/mol. The Morgan fingerprint density at radius 2 is 1.95 bits per heavy atom. The molecule has 2 aromatic carbocycles. The molecule has 0 amide bonds. The summed E-state index contributed by atoms with van der Waals surface area (Å²) in [4.78, 5) is 2.49. The van der Waals surface area contributed by atoms with Crippen LogP contribution in [0.2, 0.25) is 0 Å². The number of alkyl halides is 1. The first-order chi connectivity index (χ1) is 9.70. The average molecular weight is 395 g/mol. The molecule has 0 aliphatic carbocycles. The van der Waals surface area contributed by atoms with Crippen LogP contribution in [0.3, 0.4) is 0 Å². The molecule has 1 atom stereocenters. The van der Waals surface area contributed by atoms with Gasteiger partial charge in [0, 0.05) is 27.2 Å². The highest BCUT2D eigenvalue weighted by atomic mass is 79.9. The predicted octanol–water partition coefficient (Wildman–Crippen LogP) is 5.82. The van der Waals surface area contributed by atoms with E-state index in [-0.39, 0.29) is 0 Å². The highest BCUT2D eigenvalue weighted by Gasteiger charge is 2.25. The number of fused-ring (bicyclic) bond motifs is 1. The minimum Gasteiger partial charge on any atom is -0.338 e. The molecule has 1 heterocycles. The van der Waals surface area contributed by atoms with E-state index in [1.165, 1.54) is 35.3 Å². The van der Waals surface area contributed by atoms with E-state index < -0.39 is 0 Å². The number of aryl methyl sites for hydroxylation is 1. The van der Waals surface area contributed by atoms with Gasteiger partial charge in [-0.15, -0.1) is 0 Å². The molecule has 3 heteroatoms. The molecule has 0 bridgehead atoms. The first kappa shape index (κ1) is 14.2. The van der Waals surface area contributed by atoms with Crippen LogP contribution in [0.15, 0.2) is 46.9 Å². The Kier molecular flexibility index (Phi) is 4.18. The molecule has 20 heavy (non-hydrogen) atoms. The van der Waals surface area contributed by atoms with Crippen molar-refractivity contribution < 1.29 is 0 Å². The van der Waals surface area contributed by atoms with Gasteiger partial charge in [0.1, 0.15) is 0 Å². The van der Waals surface area contributed by atoms with Crippen molar-refractivity contribution in [3.05, 3.63) is 58.1 Å². The number of nitrogens with zero attached hydrogens (tertiary/aromatic N) is 1. The van der Waals surface area contributed by atoms with Gasteiger partial charge >= 0.3 is 0 Å². The molecule has 1 aliphatic rings. The molecule has 0 fully saturated rings. The molecule has 3 rings (SSSR count). The fourth-order valence-corrected chi connectivity index (χ4v) is 3.81. The Morgan fingerprint density at radius 1 is 1.15 bits per heavy atom. The van der Waals surface area contributed by atoms with E-state index >= 15 is 0 Å². The third kappa shape index (κ3) is 2.53. The number of hydrogen-bond acceptors (Lipinski definition) is 1. The van der Waals surface area contributed by atoms with Gasteiger partial charge < -0.3 is 4.90 Å². The molecule has 0 saturated carbocycles. The number of anilines is 2. The van der Waals surface area contributed by atoms with E-state index in [9.17, 15) is 0 Å². The standard InChI is InChI=1S/C17H17Br2N/c1-12-6-7-13-4-2-3-5-16(13)20(12)17-9-8-15(19)10-14(17)11-18/h2-5,8-10,12H,6-7,11H2,1H3. The van der Waals surface area contributed by atoms with Crippen LogP contribution >= 0.6 is 31.9 Å². The number of rotatable bonds is 2. The number of hydrogen-bond donors (Lipinski definition) is 0. The van der Waals surface area contributed by atoms with Crippen LogP contribution in [-0.2, 0) is 11.8 Å². The van der Waals surface area contributed by atoms with Gasteiger partial charge in [0.2, 0.25) is 0 Å². The molecule has 0 N–H and O–H groups in total. The molecule has 1 unspecified atom stereocenters. The summed E-state index contributed by atoms with van der Waals surface area (Å²) in [6, 6.07) is 15.9. The summed E-state index contributed by atoms with van der Waals surface area (Å²) in [5.41, 5.74) is 5.44. The molecule has 0 radical (unpaired) electrons. The summed E-state index contributed by atoms with van der Waals surface area (Å²) in [6.07, 6.45) is 2.38. The lowest BCUT2D eigenvalue weighted by atomic mass is 9.95. The maximum atomic E-state index is 3.62. The van der Waals surface area contributed by atoms with Crippen molar-refractivity contribution in [1.82, 2.24) is 0 Å². The number of para-hydroxylation sites is 1. The SMILES string of the molecule is CC1CCc2ccccc2N1c1ccc(Br)cc1CBr. The quantitative estimate of drug-likeness (QED) is 0.580. The normalized spacial score (nSPS) is 17.9. The van der Waals surface area contributed by atoms with Gasteiger partial charge in [0.25, 0.3) is 0 Å². The Morgan fingerprint density at radius 3 is 2.75 bits per heavy atom. The van der Waals surface area contributed by atoms with Crippen LogP contribution < -0.4 is 4.90 Å². The van der Waals surface area contributed by atoms with Gasteiger partial charge in [-0.2, -0.15) is 0 Å². The minimum atomic E-state index is 0.531. The molecular weight excluding hydrogens is 378 g/mol. The van der Waals surface area contributed by atoms with E-state index in [1.54, 1.807) is 0 Å². The van der Waals surface area contributed by atoms with Crippen LogP contribution in [0.4, 0.5) is 11.4 Å². The van der Waals surface area contributed by atoms with Crippen molar-refractivity contribution in [2.75, 3.05) is 4.90 Å². The third-order valence-electron chi connectivity index (χ3n) is 3.97. The molecular formula is C17H17Br2N. The minimum absolute atomic E-state index is 0.531. The van der Waals surface area contributed by atoms with Crippen molar-refractivity contribution in [3.8, 4) is 0 Å². The van der Waals surface area contributed by atoms with E-state index in [4.69, 9.17) is 0 Å². The Bertz CT molecular complexity index is 624. The summed E-state index contributed by atoms with van der Waals surface area (Å²) in [6.45, 7) is 2.32. The summed E-state index contributed by atoms with van der Waals surface area (Å²) in [5, 5.41) is 0.868. The van der Waals surface area contributed by atoms with Crippen LogP contribution in [0.25, 0.3) is 0 Å². The molecule has 104 valence electrons. The van der Waals surface area contributed by atoms with Crippen molar-refractivity contribution in [2.24, 2.45) is 0 Å². The second-order valence-electron chi connectivity index (χ2n) is 5.29. The number of halogens is 2. The van der Waals surface area contributed by atoms with Gasteiger partial charge in [0.15, 0.2) is 0 Å². The van der Waals surface area contributed by atoms with Gasteiger partial charge in [-0.3, -0.25) is 0 Å². The van der Waals surface area contributed by atoms with Gasteiger partial charge in [-0.05, 0) is 55.2 Å². The van der Waals surface area contributed by atoms with E-state index in [1.807, 2.05) is 0 Å². The van der Waals surface area contributed by atoms with Gasteiger partial charge in [0.05, 0.1) is 0 Å². The Labute approximate surface area is 137 Å². The molecule has 0 saturated heterocycles. The van der Waals surface area contributed by atoms with Crippen molar-refractivity contribution in [3.63, 3.8) is 0 Å². The zero-order valence-electron chi connectivity index (χ0n) is 11.4. The third-order valence-corrected chi connectivity index (χ3v) is 5.07. The fourth-order valence-electron chi connectivity index (χ4n) is 2.95. The highest BCUT2D eigenvalue weighted by Crippen LogP contribution is 2.39. The van der Waals surface area contributed by atoms with Crippen LogP contribution in [0, 0.1) is 0 Å². The highest BCUT2D eigenvalue weighted by molar-refractivity contribution is 9.10. The molecule has 0 aromatic heterocycles. The molecule has 2 aromatic rings. The first-order valence-corrected chi connectivity index (χ1v) is 8.83. The maximum absolute atomic E-state index is 3.62. The van der Waals surface area contributed by atoms with E-state index in [2.05, 4.69) is 86.1 Å². The first-order valence-electron chi connectivity index (χ1n) is 6.92. The van der Waals surface area contributed by atoms with Crippen molar-refractivity contribution in [1.29, 1.82) is 0 Å². The monoisotopic (exact) mass is 393 g/mol. The summed E-state index contributed by atoms with van der Waals surface area (Å²) < 4.78 is 1.13. The fraction of sp³-hybridized carbons (Fsp3) is 0.294. The topological polar surface area (TPSA) is 3.24 Å². The van der Waals surface area contributed by atoms with Gasteiger partial charge in [-0.25, -0.2) is 0 Å². The second-order valence-corrected chi connectivity index (χ2v) is 6.77. The average Bonchev–Trinajstić information content (AvgIpc) is 2.48. The second kappa shape index (κ2) is 5.90. The summed E-state index contributed by atoms with van der Waals surface area (Å²) in [7, 11) is 0. The summed E-state index contributed by atoms with van der Waals surface area (Å²) in [5.74, 6) is 0.